The molecule has 1 aliphatic rings. The number of nitrogens with zero attached hydrogens (tertiary/aromatic N) is 1. The zero-order valence-electron chi connectivity index (χ0n) is 12.6. The highest BCUT2D eigenvalue weighted by atomic mass is 16.5. The van der Waals surface area contributed by atoms with Crippen LogP contribution in [0.5, 0.6) is 0 Å². The standard InChI is InChI=1S/C12H25NO3.C2H6/c1-3-13-6-4-12(5-7-13)16-11-10-15-9-8-14-2;1-2/h12H,3-11H2,1-2H3;1-2H3. The molecule has 0 aromatic carbocycles. The normalized spacial score (nSPS) is 17.3. The van der Waals surface area contributed by atoms with Gasteiger partial charge in [0.2, 0.25) is 0 Å². The molecule has 1 rings (SSSR count). The number of likely N-dealkylation sites (tertiary alicyclic amines) is 1. The first-order chi connectivity index (χ1) is 8.86. The van der Waals surface area contributed by atoms with Crippen LogP contribution in [0, 0.1) is 0 Å². The molecule has 1 fully saturated rings. The van der Waals surface area contributed by atoms with E-state index in [4.69, 9.17) is 14.2 Å². The van der Waals surface area contributed by atoms with E-state index < -0.39 is 0 Å². The van der Waals surface area contributed by atoms with E-state index in [9.17, 15) is 0 Å². The quantitative estimate of drug-likeness (QED) is 0.627. The van der Waals surface area contributed by atoms with Gasteiger partial charge in [-0.15, -0.1) is 0 Å². The summed E-state index contributed by atoms with van der Waals surface area (Å²) in [6, 6.07) is 0. The molecule has 1 aliphatic heterocycles. The first-order valence-electron chi connectivity index (χ1n) is 7.27. The Morgan fingerprint density at radius 2 is 1.61 bits per heavy atom. The summed E-state index contributed by atoms with van der Waals surface area (Å²) in [7, 11) is 1.68. The molecule has 110 valence electrons. The Balaban J connectivity index is 0.00000137. The molecule has 0 saturated carbocycles. The van der Waals surface area contributed by atoms with Gasteiger partial charge in [0.1, 0.15) is 0 Å². The summed E-state index contributed by atoms with van der Waals surface area (Å²) in [6.07, 6.45) is 2.76. The second-order valence-electron chi connectivity index (χ2n) is 4.11. The average molecular weight is 261 g/mol. The Morgan fingerprint density at radius 3 is 2.17 bits per heavy atom. The fourth-order valence-corrected chi connectivity index (χ4v) is 1.91. The topological polar surface area (TPSA) is 30.9 Å². The van der Waals surface area contributed by atoms with Crippen molar-refractivity contribution < 1.29 is 14.2 Å². The molecule has 0 amide bonds. The third-order valence-electron chi connectivity index (χ3n) is 2.99. The fraction of sp³-hybridized carbons (Fsp3) is 1.00. The average Bonchev–Trinajstić information content (AvgIpc) is 2.45. The highest BCUT2D eigenvalue weighted by Crippen LogP contribution is 2.12. The van der Waals surface area contributed by atoms with Crippen LogP contribution in [-0.4, -0.2) is 64.2 Å². The van der Waals surface area contributed by atoms with E-state index in [0.717, 1.165) is 19.4 Å². The lowest BCUT2D eigenvalue weighted by Crippen LogP contribution is -2.37. The minimum absolute atomic E-state index is 0.439. The number of methoxy groups -OCH3 is 1. The molecule has 0 atom stereocenters. The van der Waals surface area contributed by atoms with Gasteiger partial charge in [-0.3, -0.25) is 0 Å². The molecule has 0 radical (unpaired) electrons. The van der Waals surface area contributed by atoms with Gasteiger partial charge in [-0.25, -0.2) is 0 Å². The number of hydrogen-bond acceptors (Lipinski definition) is 4. The molecule has 4 nitrogen and oxygen atoms in total. The van der Waals surface area contributed by atoms with Crippen LogP contribution >= 0.6 is 0 Å². The van der Waals surface area contributed by atoms with Crippen molar-refractivity contribution in [2.75, 3.05) is 53.2 Å². The lowest BCUT2D eigenvalue weighted by molar-refractivity contribution is -0.0279. The fourth-order valence-electron chi connectivity index (χ4n) is 1.91. The van der Waals surface area contributed by atoms with Gasteiger partial charge in [-0.1, -0.05) is 20.8 Å². The number of hydrogen-bond donors (Lipinski definition) is 0. The monoisotopic (exact) mass is 261 g/mol. The summed E-state index contributed by atoms with van der Waals surface area (Å²) >= 11 is 0. The molecule has 0 spiro atoms. The Bertz CT molecular complexity index is 159. The summed E-state index contributed by atoms with van der Waals surface area (Å²) in [6.45, 7) is 12.4. The number of rotatable bonds is 8. The third kappa shape index (κ3) is 8.86. The second-order valence-corrected chi connectivity index (χ2v) is 4.11. The van der Waals surface area contributed by atoms with Crippen molar-refractivity contribution in [3.8, 4) is 0 Å². The molecular formula is C14H31NO3. The van der Waals surface area contributed by atoms with Gasteiger partial charge >= 0.3 is 0 Å². The second kappa shape index (κ2) is 13.3. The molecule has 0 aromatic heterocycles. The van der Waals surface area contributed by atoms with Gasteiger partial charge in [0, 0.05) is 20.2 Å². The van der Waals surface area contributed by atoms with Crippen LogP contribution in [0.3, 0.4) is 0 Å². The van der Waals surface area contributed by atoms with E-state index in [1.54, 1.807) is 7.11 Å². The predicted octanol–water partition coefficient (Wildman–Crippen LogP) is 2.18. The molecule has 1 saturated heterocycles. The maximum absolute atomic E-state index is 5.76. The summed E-state index contributed by atoms with van der Waals surface area (Å²) in [5, 5.41) is 0. The van der Waals surface area contributed by atoms with Crippen molar-refractivity contribution in [2.45, 2.75) is 39.7 Å². The zero-order chi connectivity index (χ0) is 13.6. The SMILES string of the molecule is CC.CCN1CCC(OCCOCCOC)CC1. The Hall–Kier alpha value is -0.160. The van der Waals surface area contributed by atoms with Crippen LogP contribution in [0.4, 0.5) is 0 Å². The lowest BCUT2D eigenvalue weighted by Gasteiger charge is -2.30. The Kier molecular flexibility index (Phi) is 13.2. The van der Waals surface area contributed by atoms with Crippen molar-refractivity contribution in [3.05, 3.63) is 0 Å². The smallest absolute Gasteiger partial charge is 0.0704 e. The van der Waals surface area contributed by atoms with Crippen molar-refractivity contribution >= 4 is 0 Å². The summed E-state index contributed by atoms with van der Waals surface area (Å²) in [5.74, 6) is 0. The molecular weight excluding hydrogens is 230 g/mol. The third-order valence-corrected chi connectivity index (χ3v) is 2.99. The van der Waals surface area contributed by atoms with Gasteiger partial charge in [0.25, 0.3) is 0 Å². The summed E-state index contributed by atoms with van der Waals surface area (Å²) in [4.78, 5) is 2.47. The molecule has 0 unspecified atom stereocenters. The molecule has 0 bridgehead atoms. The molecule has 1 heterocycles. The maximum atomic E-state index is 5.76. The zero-order valence-corrected chi connectivity index (χ0v) is 12.6. The molecule has 4 heteroatoms. The number of piperidine rings is 1. The van der Waals surface area contributed by atoms with Gasteiger partial charge in [-0.05, 0) is 19.4 Å². The van der Waals surface area contributed by atoms with E-state index in [2.05, 4.69) is 11.8 Å². The van der Waals surface area contributed by atoms with Gasteiger partial charge in [0.05, 0.1) is 32.5 Å². The van der Waals surface area contributed by atoms with Crippen molar-refractivity contribution in [2.24, 2.45) is 0 Å². The largest absolute Gasteiger partial charge is 0.382 e. The van der Waals surface area contributed by atoms with Crippen molar-refractivity contribution in [1.82, 2.24) is 4.90 Å². The van der Waals surface area contributed by atoms with Crippen LogP contribution in [0.2, 0.25) is 0 Å². The van der Waals surface area contributed by atoms with E-state index in [1.165, 1.54) is 13.1 Å². The highest BCUT2D eigenvalue weighted by Gasteiger charge is 2.17. The molecule has 0 aromatic rings. The van der Waals surface area contributed by atoms with Gasteiger partial charge in [0.15, 0.2) is 0 Å². The van der Waals surface area contributed by atoms with Gasteiger partial charge < -0.3 is 19.1 Å². The van der Waals surface area contributed by atoms with Crippen LogP contribution < -0.4 is 0 Å². The van der Waals surface area contributed by atoms with E-state index >= 15 is 0 Å². The minimum Gasteiger partial charge on any atom is -0.382 e. The van der Waals surface area contributed by atoms with E-state index in [1.807, 2.05) is 13.8 Å². The van der Waals surface area contributed by atoms with E-state index in [0.29, 0.717) is 32.5 Å². The van der Waals surface area contributed by atoms with Crippen LogP contribution in [0.15, 0.2) is 0 Å². The Morgan fingerprint density at radius 1 is 1.00 bits per heavy atom. The van der Waals surface area contributed by atoms with Crippen molar-refractivity contribution in [1.29, 1.82) is 0 Å². The predicted molar refractivity (Wildman–Crippen MR) is 75.1 cm³/mol. The Labute approximate surface area is 113 Å². The minimum atomic E-state index is 0.439. The molecule has 18 heavy (non-hydrogen) atoms. The maximum Gasteiger partial charge on any atom is 0.0704 e. The first kappa shape index (κ1) is 17.8. The van der Waals surface area contributed by atoms with Crippen LogP contribution in [0.25, 0.3) is 0 Å². The van der Waals surface area contributed by atoms with Crippen molar-refractivity contribution in [3.63, 3.8) is 0 Å². The first-order valence-corrected chi connectivity index (χ1v) is 7.27. The van der Waals surface area contributed by atoms with Crippen LogP contribution in [-0.2, 0) is 14.2 Å². The highest BCUT2D eigenvalue weighted by molar-refractivity contribution is 4.71. The lowest BCUT2D eigenvalue weighted by atomic mass is 10.1. The van der Waals surface area contributed by atoms with E-state index in [-0.39, 0.29) is 0 Å². The number of ether oxygens (including phenoxy) is 3. The van der Waals surface area contributed by atoms with Gasteiger partial charge in [-0.2, -0.15) is 0 Å². The van der Waals surface area contributed by atoms with Crippen LogP contribution in [0.1, 0.15) is 33.6 Å². The summed E-state index contributed by atoms with van der Waals surface area (Å²) in [5.41, 5.74) is 0. The molecule has 0 aliphatic carbocycles. The summed E-state index contributed by atoms with van der Waals surface area (Å²) < 4.78 is 16.0. The molecule has 0 N–H and O–H groups in total.